The van der Waals surface area contributed by atoms with Gasteiger partial charge in [0.05, 0.1) is 12.9 Å². The zero-order valence-corrected chi connectivity index (χ0v) is 20.6. The van der Waals surface area contributed by atoms with E-state index in [1.54, 1.807) is 12.1 Å². The molecule has 9 heteroatoms. The summed E-state index contributed by atoms with van der Waals surface area (Å²) in [5.74, 6) is 1.39. The first-order valence-electron chi connectivity index (χ1n) is 10.8. The highest BCUT2D eigenvalue weighted by atomic mass is 32.2. The molecule has 176 valence electrons. The van der Waals surface area contributed by atoms with Gasteiger partial charge in [-0.2, -0.15) is 0 Å². The second-order valence-corrected chi connectivity index (χ2v) is 10.1. The molecule has 2 rings (SSSR count). The minimum Gasteiger partial charge on any atom is -0.493 e. The molecule has 2 aromatic rings. The van der Waals surface area contributed by atoms with E-state index in [1.807, 2.05) is 18.2 Å². The number of anilines is 1. The number of amides is 2. The fraction of sp³-hybridized carbons (Fsp3) is 0.435. The van der Waals surface area contributed by atoms with Gasteiger partial charge in [0.15, 0.2) is 0 Å². The summed E-state index contributed by atoms with van der Waals surface area (Å²) in [6.07, 6.45) is 5.35. The Morgan fingerprint density at radius 1 is 1.03 bits per heavy atom. The molecule has 0 aliphatic heterocycles. The lowest BCUT2D eigenvalue weighted by Gasteiger charge is -2.14. The number of carbonyl (C=O) groups is 1. The van der Waals surface area contributed by atoms with Crippen molar-refractivity contribution in [2.75, 3.05) is 17.6 Å². The van der Waals surface area contributed by atoms with Crippen LogP contribution in [0.4, 0.5) is 10.5 Å². The molecule has 0 unspecified atom stereocenters. The summed E-state index contributed by atoms with van der Waals surface area (Å²) >= 11 is 1.27. The van der Waals surface area contributed by atoms with Crippen LogP contribution in [-0.2, 0) is 28.7 Å². The van der Waals surface area contributed by atoms with E-state index < -0.39 is 10.0 Å². The number of rotatable bonds is 13. The summed E-state index contributed by atoms with van der Waals surface area (Å²) in [6.45, 7) is 5.27. The van der Waals surface area contributed by atoms with Gasteiger partial charge in [0, 0.05) is 23.5 Å². The van der Waals surface area contributed by atoms with E-state index >= 15 is 0 Å². The van der Waals surface area contributed by atoms with E-state index in [2.05, 4.69) is 40.7 Å². The Labute approximate surface area is 195 Å². The maximum Gasteiger partial charge on any atom is 0.325 e. The van der Waals surface area contributed by atoms with Crippen molar-refractivity contribution < 1.29 is 17.9 Å². The number of urea groups is 1. The highest BCUT2D eigenvalue weighted by Crippen LogP contribution is 2.22. The highest BCUT2D eigenvalue weighted by Gasteiger charge is 2.08. The monoisotopic (exact) mass is 479 g/mol. The third-order valence-electron chi connectivity index (χ3n) is 4.51. The van der Waals surface area contributed by atoms with Gasteiger partial charge < -0.3 is 10.1 Å². The van der Waals surface area contributed by atoms with E-state index in [4.69, 9.17) is 4.74 Å². The zero-order chi connectivity index (χ0) is 23.4. The third kappa shape index (κ3) is 9.82. The van der Waals surface area contributed by atoms with Gasteiger partial charge in [0.25, 0.3) is 0 Å². The van der Waals surface area contributed by atoms with E-state index in [0.717, 1.165) is 48.8 Å². The molecule has 0 saturated heterocycles. The number of unbranched alkanes of at least 4 members (excludes halogenated alkanes) is 1. The summed E-state index contributed by atoms with van der Waals surface area (Å²) in [7, 11) is -3.29. The smallest absolute Gasteiger partial charge is 0.325 e. The van der Waals surface area contributed by atoms with E-state index in [-0.39, 0.29) is 6.03 Å². The van der Waals surface area contributed by atoms with Gasteiger partial charge >= 0.3 is 6.03 Å². The van der Waals surface area contributed by atoms with Crippen molar-refractivity contribution in [1.82, 2.24) is 10.0 Å². The lowest BCUT2D eigenvalue weighted by Crippen LogP contribution is -2.31. The van der Waals surface area contributed by atoms with Crippen LogP contribution in [0.15, 0.2) is 42.5 Å². The first-order valence-corrected chi connectivity index (χ1v) is 13.7. The summed E-state index contributed by atoms with van der Waals surface area (Å²) in [4.78, 5) is 12.2. The second-order valence-electron chi connectivity index (χ2n) is 7.54. The topological polar surface area (TPSA) is 96.5 Å². The molecule has 2 amide bonds. The Hall–Kier alpha value is -2.39. The molecule has 0 bridgehead atoms. The number of benzene rings is 2. The van der Waals surface area contributed by atoms with Gasteiger partial charge in [-0.3, -0.25) is 9.44 Å². The SMILES string of the molecule is CCCCc1ccc(CNC(=O)NSCc2ccc(NS(C)(=O)=O)cc2)c(OCCC)c1. The average molecular weight is 480 g/mol. The van der Waals surface area contributed by atoms with Crippen molar-refractivity contribution in [2.45, 2.75) is 51.8 Å². The molecule has 0 radical (unpaired) electrons. The predicted molar refractivity (Wildman–Crippen MR) is 132 cm³/mol. The fourth-order valence-corrected chi connectivity index (χ4v) is 4.11. The van der Waals surface area contributed by atoms with Gasteiger partial charge in [0.1, 0.15) is 5.75 Å². The first kappa shape index (κ1) is 25.9. The number of hydrogen-bond donors (Lipinski definition) is 3. The molecule has 0 aliphatic rings. The van der Waals surface area contributed by atoms with E-state index in [0.29, 0.717) is 24.6 Å². The van der Waals surface area contributed by atoms with Crippen molar-refractivity contribution in [3.63, 3.8) is 0 Å². The highest BCUT2D eigenvalue weighted by molar-refractivity contribution is 7.97. The summed E-state index contributed by atoms with van der Waals surface area (Å²) in [6, 6.07) is 12.9. The normalized spacial score (nSPS) is 11.1. The van der Waals surface area contributed by atoms with Gasteiger partial charge in [0.2, 0.25) is 10.0 Å². The fourth-order valence-electron chi connectivity index (χ4n) is 2.91. The lowest BCUT2D eigenvalue weighted by molar-refractivity contribution is 0.246. The summed E-state index contributed by atoms with van der Waals surface area (Å²) in [5.41, 5.74) is 3.67. The average Bonchev–Trinajstić information content (AvgIpc) is 2.75. The van der Waals surface area contributed by atoms with Crippen LogP contribution in [0.5, 0.6) is 5.75 Å². The molecular weight excluding hydrogens is 446 g/mol. The standard InChI is InChI=1S/C23H33N3O4S2/c1-4-6-7-18-8-11-20(22(15-18)30-14-5-2)16-24-23(27)25-31-17-19-9-12-21(13-10-19)26-32(3,28)29/h8-13,15,26H,4-7,14,16-17H2,1-3H3,(H2,24,25,27). The molecular formula is C23H33N3O4S2. The third-order valence-corrected chi connectivity index (χ3v) is 5.93. The lowest BCUT2D eigenvalue weighted by atomic mass is 10.1. The Morgan fingerprint density at radius 3 is 2.41 bits per heavy atom. The Bertz CT molecular complexity index is 964. The number of nitrogens with one attached hydrogen (secondary N) is 3. The van der Waals surface area contributed by atoms with Gasteiger partial charge in [-0.1, -0.05) is 44.5 Å². The van der Waals surface area contributed by atoms with Crippen LogP contribution >= 0.6 is 11.9 Å². The van der Waals surface area contributed by atoms with E-state index in [1.165, 1.54) is 17.5 Å². The Kier molecular flexibility index (Phi) is 10.7. The summed E-state index contributed by atoms with van der Waals surface area (Å²) in [5, 5.41) is 2.87. The number of hydrogen-bond acceptors (Lipinski definition) is 5. The molecule has 0 aliphatic carbocycles. The molecule has 0 atom stereocenters. The van der Waals surface area contributed by atoms with Crippen molar-refractivity contribution in [3.8, 4) is 5.75 Å². The van der Waals surface area contributed by atoms with Gasteiger partial charge in [-0.15, -0.1) is 0 Å². The second kappa shape index (κ2) is 13.2. The predicted octanol–water partition coefficient (Wildman–Crippen LogP) is 4.84. The number of ether oxygens (including phenoxy) is 1. The molecule has 0 fully saturated rings. The number of sulfonamides is 1. The molecule has 7 nitrogen and oxygen atoms in total. The molecule has 32 heavy (non-hydrogen) atoms. The van der Waals surface area contributed by atoms with Crippen LogP contribution in [0.1, 0.15) is 49.8 Å². The van der Waals surface area contributed by atoms with Crippen LogP contribution in [-0.4, -0.2) is 27.3 Å². The van der Waals surface area contributed by atoms with Crippen molar-refractivity contribution in [3.05, 3.63) is 59.2 Å². The van der Waals surface area contributed by atoms with Gasteiger partial charge in [-0.25, -0.2) is 13.2 Å². The maximum absolute atomic E-state index is 12.2. The molecule has 0 heterocycles. The molecule has 2 aromatic carbocycles. The first-order chi connectivity index (χ1) is 15.3. The minimum absolute atomic E-state index is 0.276. The number of carbonyl (C=O) groups excluding carboxylic acids is 1. The van der Waals surface area contributed by atoms with Crippen LogP contribution in [0, 0.1) is 0 Å². The van der Waals surface area contributed by atoms with Crippen LogP contribution in [0.3, 0.4) is 0 Å². The number of aryl methyl sites for hydroxylation is 1. The van der Waals surface area contributed by atoms with Gasteiger partial charge in [-0.05, 0) is 60.5 Å². The quantitative estimate of drug-likeness (QED) is 0.357. The van der Waals surface area contributed by atoms with Crippen molar-refractivity contribution >= 4 is 33.7 Å². The summed E-state index contributed by atoms with van der Waals surface area (Å²) < 4.78 is 33.6. The molecule has 0 spiro atoms. The molecule has 3 N–H and O–H groups in total. The van der Waals surface area contributed by atoms with E-state index in [9.17, 15) is 13.2 Å². The van der Waals surface area contributed by atoms with Crippen molar-refractivity contribution in [2.24, 2.45) is 0 Å². The van der Waals surface area contributed by atoms with Crippen LogP contribution < -0.4 is 19.5 Å². The largest absolute Gasteiger partial charge is 0.493 e. The Balaban J connectivity index is 1.82. The van der Waals surface area contributed by atoms with Crippen LogP contribution in [0.2, 0.25) is 0 Å². The Morgan fingerprint density at radius 2 is 1.75 bits per heavy atom. The maximum atomic E-state index is 12.2. The minimum atomic E-state index is -3.29. The van der Waals surface area contributed by atoms with Crippen LogP contribution in [0.25, 0.3) is 0 Å². The molecule has 0 saturated carbocycles. The zero-order valence-electron chi connectivity index (χ0n) is 18.9. The van der Waals surface area contributed by atoms with Crippen molar-refractivity contribution in [1.29, 1.82) is 0 Å². The molecule has 0 aromatic heterocycles.